The number of hydrogen-bond acceptors (Lipinski definition) is 1. The van der Waals surface area contributed by atoms with E-state index in [4.69, 9.17) is 0 Å². The average Bonchev–Trinajstić information content (AvgIpc) is 2.33. The van der Waals surface area contributed by atoms with Crippen LogP contribution in [-0.2, 0) is 0 Å². The van der Waals surface area contributed by atoms with Crippen LogP contribution in [-0.4, -0.2) is 6.54 Å². The summed E-state index contributed by atoms with van der Waals surface area (Å²) in [4.78, 5) is 4.36. The highest BCUT2D eigenvalue weighted by Crippen LogP contribution is 2.04. The van der Waals surface area contributed by atoms with Crippen molar-refractivity contribution in [2.75, 3.05) is 6.54 Å². The molecule has 0 bridgehead atoms. The third-order valence-electron chi connectivity index (χ3n) is 1.90. The fourth-order valence-corrected chi connectivity index (χ4v) is 1.64. The van der Waals surface area contributed by atoms with Crippen molar-refractivity contribution in [3.8, 4) is 0 Å². The molecule has 1 nitrogen and oxygen atoms in total. The Morgan fingerprint density at radius 3 is 3.09 bits per heavy atom. The minimum absolute atomic E-state index is 0.867. The van der Waals surface area contributed by atoms with E-state index in [2.05, 4.69) is 40.0 Å². The maximum atomic E-state index is 4.36. The topological polar surface area (TPSA) is 12.4 Å². The lowest BCUT2D eigenvalue weighted by atomic mass is 10.2. The minimum Gasteiger partial charge on any atom is -0.280 e. The summed E-state index contributed by atoms with van der Waals surface area (Å²) in [5, 5.41) is 2.42. The van der Waals surface area contributed by atoms with Gasteiger partial charge in [0.2, 0.25) is 0 Å². The molecule has 2 heteroatoms. The summed E-state index contributed by atoms with van der Waals surface area (Å²) in [7, 11) is 0. The van der Waals surface area contributed by atoms with Crippen molar-refractivity contribution in [1.29, 1.82) is 0 Å². The highest BCUT2D eigenvalue weighted by Gasteiger charge is 2.00. The fraction of sp³-hybridized carbons (Fsp3) is 0.222. The van der Waals surface area contributed by atoms with Gasteiger partial charge in [0.05, 0.1) is 11.9 Å². The van der Waals surface area contributed by atoms with Crippen molar-refractivity contribution in [2.45, 2.75) is 6.92 Å². The molecule has 2 rings (SSSR count). The summed E-state index contributed by atoms with van der Waals surface area (Å²) in [5.41, 5.74) is 1.36. The SMILES string of the molecule is CC1=c2cc(Br)ccc2=NC1. The van der Waals surface area contributed by atoms with Crippen LogP contribution in [0.4, 0.5) is 0 Å². The molecular formula is C9H8BrN. The zero-order valence-corrected chi connectivity index (χ0v) is 7.85. The minimum atomic E-state index is 0.867. The lowest BCUT2D eigenvalue weighted by Crippen LogP contribution is -2.21. The van der Waals surface area contributed by atoms with Crippen LogP contribution in [0.1, 0.15) is 6.92 Å². The molecule has 56 valence electrons. The zero-order chi connectivity index (χ0) is 7.84. The summed E-state index contributed by atoms with van der Waals surface area (Å²) >= 11 is 3.44. The van der Waals surface area contributed by atoms with Gasteiger partial charge in [-0.05, 0) is 30.7 Å². The predicted octanol–water partition coefficient (Wildman–Crippen LogP) is 1.25. The lowest BCUT2D eigenvalue weighted by molar-refractivity contribution is 1.20. The van der Waals surface area contributed by atoms with Gasteiger partial charge in [0, 0.05) is 9.69 Å². The maximum Gasteiger partial charge on any atom is 0.0651 e. The van der Waals surface area contributed by atoms with Gasteiger partial charge >= 0.3 is 0 Å². The van der Waals surface area contributed by atoms with E-state index in [0.29, 0.717) is 0 Å². The highest BCUT2D eigenvalue weighted by molar-refractivity contribution is 9.10. The van der Waals surface area contributed by atoms with Crippen LogP contribution in [0.15, 0.2) is 27.7 Å². The molecule has 1 heterocycles. The molecule has 0 aliphatic carbocycles. The molecule has 0 N–H and O–H groups in total. The number of rotatable bonds is 0. The molecular weight excluding hydrogens is 202 g/mol. The second-order valence-corrected chi connectivity index (χ2v) is 3.67. The van der Waals surface area contributed by atoms with Gasteiger partial charge in [0.1, 0.15) is 0 Å². The third kappa shape index (κ3) is 1.11. The van der Waals surface area contributed by atoms with Gasteiger partial charge < -0.3 is 0 Å². The molecule has 1 aliphatic rings. The first-order valence-corrected chi connectivity index (χ1v) is 4.36. The smallest absolute Gasteiger partial charge is 0.0651 e. The normalized spacial score (nSPS) is 14.5. The molecule has 0 amide bonds. The van der Waals surface area contributed by atoms with Crippen molar-refractivity contribution in [3.05, 3.63) is 33.2 Å². The van der Waals surface area contributed by atoms with Crippen LogP contribution in [0.2, 0.25) is 0 Å². The summed E-state index contributed by atoms with van der Waals surface area (Å²) in [6.07, 6.45) is 0. The molecule has 1 aromatic carbocycles. The van der Waals surface area contributed by atoms with Crippen LogP contribution in [0.5, 0.6) is 0 Å². The van der Waals surface area contributed by atoms with Crippen LogP contribution in [0.25, 0.3) is 5.57 Å². The van der Waals surface area contributed by atoms with Gasteiger partial charge in [-0.25, -0.2) is 0 Å². The third-order valence-corrected chi connectivity index (χ3v) is 2.40. The monoisotopic (exact) mass is 209 g/mol. The number of hydrogen-bond donors (Lipinski definition) is 0. The molecule has 0 unspecified atom stereocenters. The number of fused-ring (bicyclic) bond motifs is 1. The Bertz CT molecular complexity index is 406. The Morgan fingerprint density at radius 2 is 2.27 bits per heavy atom. The fourth-order valence-electron chi connectivity index (χ4n) is 1.28. The van der Waals surface area contributed by atoms with E-state index in [1.54, 1.807) is 0 Å². The Morgan fingerprint density at radius 1 is 1.45 bits per heavy atom. The second kappa shape index (κ2) is 2.45. The van der Waals surface area contributed by atoms with Crippen molar-refractivity contribution < 1.29 is 0 Å². The first-order chi connectivity index (χ1) is 5.27. The largest absolute Gasteiger partial charge is 0.280 e. The molecule has 1 aromatic rings. The van der Waals surface area contributed by atoms with Gasteiger partial charge in [-0.2, -0.15) is 0 Å². The van der Waals surface area contributed by atoms with Gasteiger partial charge in [-0.15, -0.1) is 0 Å². The van der Waals surface area contributed by atoms with Crippen LogP contribution >= 0.6 is 15.9 Å². The molecule has 0 radical (unpaired) electrons. The number of halogens is 1. The lowest BCUT2D eigenvalue weighted by Gasteiger charge is -1.88. The first kappa shape index (κ1) is 7.04. The van der Waals surface area contributed by atoms with E-state index in [1.807, 2.05) is 6.07 Å². The highest BCUT2D eigenvalue weighted by atomic mass is 79.9. The Hall–Kier alpha value is -0.630. The predicted molar refractivity (Wildman–Crippen MR) is 48.9 cm³/mol. The molecule has 11 heavy (non-hydrogen) atoms. The van der Waals surface area contributed by atoms with E-state index in [-0.39, 0.29) is 0 Å². The Balaban J connectivity index is 2.91. The zero-order valence-electron chi connectivity index (χ0n) is 6.26. The first-order valence-electron chi connectivity index (χ1n) is 3.57. The molecule has 0 atom stereocenters. The molecule has 0 aromatic heterocycles. The van der Waals surface area contributed by atoms with Gasteiger partial charge in [-0.1, -0.05) is 15.9 Å². The van der Waals surface area contributed by atoms with Crippen LogP contribution in [0.3, 0.4) is 0 Å². The van der Waals surface area contributed by atoms with Crippen molar-refractivity contribution in [1.82, 2.24) is 0 Å². The van der Waals surface area contributed by atoms with E-state index >= 15 is 0 Å². The van der Waals surface area contributed by atoms with Crippen molar-refractivity contribution in [2.24, 2.45) is 4.99 Å². The number of benzene rings is 1. The maximum absolute atomic E-state index is 4.36. The summed E-state index contributed by atoms with van der Waals surface area (Å²) in [6.45, 7) is 2.99. The van der Waals surface area contributed by atoms with Gasteiger partial charge in [-0.3, -0.25) is 4.99 Å². The van der Waals surface area contributed by atoms with Crippen molar-refractivity contribution >= 4 is 21.5 Å². The average molecular weight is 210 g/mol. The summed E-state index contributed by atoms with van der Waals surface area (Å²) < 4.78 is 1.13. The standard InChI is InChI=1S/C9H8BrN/c1-6-5-11-9-3-2-7(10)4-8(6)9/h2-4H,5H2,1H3. The second-order valence-electron chi connectivity index (χ2n) is 2.76. The van der Waals surface area contributed by atoms with Gasteiger partial charge in [0.15, 0.2) is 0 Å². The number of nitrogens with zero attached hydrogens (tertiary/aromatic N) is 1. The van der Waals surface area contributed by atoms with Gasteiger partial charge in [0.25, 0.3) is 0 Å². The Kier molecular flexibility index (Phi) is 1.57. The molecule has 0 spiro atoms. The summed E-state index contributed by atoms with van der Waals surface area (Å²) in [5.74, 6) is 0. The van der Waals surface area contributed by atoms with Crippen LogP contribution < -0.4 is 10.6 Å². The van der Waals surface area contributed by atoms with Crippen LogP contribution in [0, 0.1) is 0 Å². The molecule has 0 saturated carbocycles. The Labute approximate surface area is 73.6 Å². The van der Waals surface area contributed by atoms with Crippen molar-refractivity contribution in [3.63, 3.8) is 0 Å². The summed E-state index contributed by atoms with van der Waals surface area (Å²) in [6, 6.07) is 6.21. The molecule has 1 aliphatic heterocycles. The van der Waals surface area contributed by atoms with E-state index in [9.17, 15) is 0 Å². The molecule has 0 fully saturated rings. The van der Waals surface area contributed by atoms with E-state index in [1.165, 1.54) is 10.8 Å². The van der Waals surface area contributed by atoms with E-state index < -0.39 is 0 Å². The van der Waals surface area contributed by atoms with E-state index in [0.717, 1.165) is 16.4 Å². The quantitative estimate of drug-likeness (QED) is 0.611. The molecule has 0 saturated heterocycles.